The number of urea groups is 1. The normalized spacial score (nSPS) is 18.1. The molecule has 120 valence electrons. The fraction of sp³-hybridized carbons (Fsp3) is 0.353. The highest BCUT2D eigenvalue weighted by atomic mass is 19.1. The molecule has 4 rings (SSSR count). The first-order chi connectivity index (χ1) is 11.1. The lowest BCUT2D eigenvalue weighted by atomic mass is 9.82. The van der Waals surface area contributed by atoms with Gasteiger partial charge in [-0.1, -0.05) is 0 Å². The average Bonchev–Trinajstić information content (AvgIpc) is 3.05. The summed E-state index contributed by atoms with van der Waals surface area (Å²) in [5, 5.41) is 6.23. The summed E-state index contributed by atoms with van der Waals surface area (Å²) in [6.07, 6.45) is 3.60. The van der Waals surface area contributed by atoms with Gasteiger partial charge in [0, 0.05) is 32.0 Å². The van der Waals surface area contributed by atoms with Crippen molar-refractivity contribution in [2.45, 2.75) is 18.4 Å². The number of likely N-dealkylation sites (tertiary alicyclic amines) is 1. The Morgan fingerprint density at radius 1 is 1.30 bits per heavy atom. The summed E-state index contributed by atoms with van der Waals surface area (Å²) < 4.78 is 15.8. The number of fused-ring (bicyclic) bond motifs is 4. The van der Waals surface area contributed by atoms with Crippen molar-refractivity contribution in [1.29, 1.82) is 0 Å². The number of piperidine rings is 1. The van der Waals surface area contributed by atoms with Crippen LogP contribution in [-0.2, 0) is 5.54 Å². The number of amides is 2. The van der Waals surface area contributed by atoms with Gasteiger partial charge in [-0.25, -0.2) is 9.18 Å². The molecule has 0 radical (unpaired) electrons. The van der Waals surface area contributed by atoms with Crippen molar-refractivity contribution in [2.75, 3.05) is 25.5 Å². The molecule has 1 saturated heterocycles. The van der Waals surface area contributed by atoms with Crippen molar-refractivity contribution in [3.8, 4) is 5.69 Å². The van der Waals surface area contributed by atoms with Gasteiger partial charge in [-0.15, -0.1) is 0 Å². The van der Waals surface area contributed by atoms with Crippen LogP contribution in [0.1, 0.15) is 18.5 Å². The highest BCUT2D eigenvalue weighted by Crippen LogP contribution is 2.43. The number of benzene rings is 1. The molecule has 1 spiro atoms. The third kappa shape index (κ3) is 2.09. The Bertz CT molecular complexity index is 762. The zero-order chi connectivity index (χ0) is 16.0. The molecule has 2 aliphatic rings. The monoisotopic (exact) mass is 314 g/mol. The van der Waals surface area contributed by atoms with Crippen LogP contribution < -0.4 is 10.6 Å². The second-order valence-corrected chi connectivity index (χ2v) is 6.17. The first-order valence-corrected chi connectivity index (χ1v) is 7.86. The Balaban J connectivity index is 1.71. The summed E-state index contributed by atoms with van der Waals surface area (Å²) in [4.78, 5) is 13.6. The Hall–Kier alpha value is -2.50. The molecule has 2 aromatic rings. The summed E-state index contributed by atoms with van der Waals surface area (Å²) in [5.41, 5.74) is 2.69. The maximum Gasteiger partial charge on any atom is 0.317 e. The van der Waals surface area contributed by atoms with Gasteiger partial charge in [-0.2, -0.15) is 0 Å². The fourth-order valence-electron chi connectivity index (χ4n) is 3.75. The summed E-state index contributed by atoms with van der Waals surface area (Å²) in [6, 6.07) is 8.91. The predicted molar refractivity (Wildman–Crippen MR) is 86.3 cm³/mol. The molecule has 1 fully saturated rings. The van der Waals surface area contributed by atoms with E-state index in [0.29, 0.717) is 13.1 Å². The lowest BCUT2D eigenvalue weighted by molar-refractivity contribution is 0.164. The molecule has 1 aromatic heterocycles. The van der Waals surface area contributed by atoms with Gasteiger partial charge in [-0.05, 0) is 43.2 Å². The van der Waals surface area contributed by atoms with Gasteiger partial charge in [0.15, 0.2) is 0 Å². The van der Waals surface area contributed by atoms with Crippen molar-refractivity contribution in [1.82, 2.24) is 14.8 Å². The van der Waals surface area contributed by atoms with E-state index in [1.807, 2.05) is 17.2 Å². The van der Waals surface area contributed by atoms with Crippen LogP contribution in [0.3, 0.4) is 0 Å². The summed E-state index contributed by atoms with van der Waals surface area (Å²) >= 11 is 0. The van der Waals surface area contributed by atoms with E-state index in [2.05, 4.69) is 21.3 Å². The van der Waals surface area contributed by atoms with Crippen LogP contribution in [0.15, 0.2) is 36.5 Å². The van der Waals surface area contributed by atoms with Crippen molar-refractivity contribution >= 4 is 11.7 Å². The molecule has 3 heterocycles. The smallest absolute Gasteiger partial charge is 0.317 e. The van der Waals surface area contributed by atoms with Gasteiger partial charge in [0.1, 0.15) is 5.82 Å². The molecule has 5 nitrogen and oxygen atoms in total. The molecule has 0 bridgehead atoms. The standard InChI is InChI=1S/C17H19FN4O/c1-19-16(23)21-9-6-17(7-10-21)15-3-2-8-22(15)14-5-4-12(18)11-13(14)20-17/h2-5,8,11,20H,6-7,9-10H2,1H3,(H,19,23). The number of rotatable bonds is 0. The van der Waals surface area contributed by atoms with Crippen LogP contribution in [0.5, 0.6) is 0 Å². The molecule has 0 aliphatic carbocycles. The van der Waals surface area contributed by atoms with E-state index in [1.54, 1.807) is 19.2 Å². The number of nitrogens with one attached hydrogen (secondary N) is 2. The number of carbonyl (C=O) groups is 1. The van der Waals surface area contributed by atoms with E-state index in [-0.39, 0.29) is 17.4 Å². The van der Waals surface area contributed by atoms with Gasteiger partial charge in [0.05, 0.1) is 16.9 Å². The molecule has 1 aromatic carbocycles. The van der Waals surface area contributed by atoms with Crippen LogP contribution in [0, 0.1) is 5.82 Å². The third-order valence-corrected chi connectivity index (χ3v) is 4.95. The van der Waals surface area contributed by atoms with Crippen LogP contribution in [0.4, 0.5) is 14.9 Å². The Morgan fingerprint density at radius 3 is 2.83 bits per heavy atom. The van der Waals surface area contributed by atoms with Gasteiger partial charge in [0.2, 0.25) is 0 Å². The fourth-order valence-corrected chi connectivity index (χ4v) is 3.75. The number of hydrogen-bond acceptors (Lipinski definition) is 2. The molecule has 6 heteroatoms. The minimum atomic E-state index is -0.255. The SMILES string of the molecule is CNC(=O)N1CCC2(CC1)Nc1cc(F)ccc1-n1cccc12. The summed E-state index contributed by atoms with van der Waals surface area (Å²) in [6.45, 7) is 1.34. The molecule has 23 heavy (non-hydrogen) atoms. The van der Waals surface area contributed by atoms with Crippen molar-refractivity contribution in [3.63, 3.8) is 0 Å². The van der Waals surface area contributed by atoms with Crippen LogP contribution >= 0.6 is 0 Å². The second kappa shape index (κ2) is 5.01. The van der Waals surface area contributed by atoms with Gasteiger partial charge in [0.25, 0.3) is 0 Å². The molecule has 0 atom stereocenters. The van der Waals surface area contributed by atoms with E-state index in [1.165, 1.54) is 11.8 Å². The van der Waals surface area contributed by atoms with E-state index in [0.717, 1.165) is 24.2 Å². The Labute approximate surface area is 134 Å². The molecular formula is C17H19FN4O. The van der Waals surface area contributed by atoms with Crippen LogP contribution in [0.25, 0.3) is 5.69 Å². The Morgan fingerprint density at radius 2 is 2.09 bits per heavy atom. The maximum absolute atomic E-state index is 13.7. The van der Waals surface area contributed by atoms with E-state index >= 15 is 0 Å². The van der Waals surface area contributed by atoms with Gasteiger partial charge in [-0.3, -0.25) is 0 Å². The topological polar surface area (TPSA) is 49.3 Å². The largest absolute Gasteiger partial charge is 0.372 e. The van der Waals surface area contributed by atoms with Crippen molar-refractivity contribution in [2.24, 2.45) is 0 Å². The predicted octanol–water partition coefficient (Wildman–Crippen LogP) is 2.67. The summed E-state index contributed by atoms with van der Waals surface area (Å²) in [5.74, 6) is -0.246. The van der Waals surface area contributed by atoms with E-state index < -0.39 is 0 Å². The number of nitrogens with zero attached hydrogens (tertiary/aromatic N) is 2. The molecule has 0 saturated carbocycles. The van der Waals surface area contributed by atoms with Gasteiger partial charge < -0.3 is 20.1 Å². The quantitative estimate of drug-likeness (QED) is 0.785. The minimum Gasteiger partial charge on any atom is -0.372 e. The zero-order valence-electron chi connectivity index (χ0n) is 13.0. The highest BCUT2D eigenvalue weighted by Gasteiger charge is 2.42. The third-order valence-electron chi connectivity index (χ3n) is 4.95. The Kier molecular flexibility index (Phi) is 3.07. The van der Waals surface area contributed by atoms with E-state index in [4.69, 9.17) is 0 Å². The van der Waals surface area contributed by atoms with Crippen molar-refractivity contribution < 1.29 is 9.18 Å². The average molecular weight is 314 g/mol. The lowest BCUT2D eigenvalue weighted by Gasteiger charge is -2.46. The molecule has 2 N–H and O–H groups in total. The first kappa shape index (κ1) is 14.1. The number of hydrogen-bond donors (Lipinski definition) is 2. The zero-order valence-corrected chi connectivity index (χ0v) is 13.0. The summed E-state index contributed by atoms with van der Waals surface area (Å²) in [7, 11) is 1.65. The maximum atomic E-state index is 13.7. The molecule has 2 aliphatic heterocycles. The number of anilines is 1. The number of halogens is 1. The number of carbonyl (C=O) groups excluding carboxylic acids is 1. The molecule has 2 amide bonds. The lowest BCUT2D eigenvalue weighted by Crippen LogP contribution is -2.52. The van der Waals surface area contributed by atoms with Crippen LogP contribution in [0.2, 0.25) is 0 Å². The van der Waals surface area contributed by atoms with Crippen LogP contribution in [-0.4, -0.2) is 35.6 Å². The highest BCUT2D eigenvalue weighted by molar-refractivity contribution is 5.74. The second-order valence-electron chi connectivity index (χ2n) is 6.17. The van der Waals surface area contributed by atoms with E-state index in [9.17, 15) is 9.18 Å². The first-order valence-electron chi connectivity index (χ1n) is 7.86. The molecular weight excluding hydrogens is 295 g/mol. The van der Waals surface area contributed by atoms with Crippen molar-refractivity contribution in [3.05, 3.63) is 48.0 Å². The minimum absolute atomic E-state index is 0.0440. The number of aromatic nitrogens is 1. The van der Waals surface area contributed by atoms with Gasteiger partial charge >= 0.3 is 6.03 Å². The molecule has 0 unspecified atom stereocenters.